The molecule has 0 unspecified atom stereocenters. The summed E-state index contributed by atoms with van der Waals surface area (Å²) in [5.41, 5.74) is 43.2. The van der Waals surface area contributed by atoms with Crippen molar-refractivity contribution in [2.24, 2.45) is 0 Å². The van der Waals surface area contributed by atoms with Crippen molar-refractivity contribution >= 4 is 79.0 Å². The van der Waals surface area contributed by atoms with Crippen LogP contribution in [0.3, 0.4) is 0 Å². The van der Waals surface area contributed by atoms with E-state index in [9.17, 15) is 0 Å². The normalized spacial score (nSPS) is 13.8. The number of aromatic nitrogens is 1. The van der Waals surface area contributed by atoms with Crippen LogP contribution in [0.15, 0.2) is 346 Å². The van der Waals surface area contributed by atoms with E-state index in [0.29, 0.717) is 0 Å². The molecule has 0 radical (unpaired) electrons. The number of hydrogen-bond donors (Lipinski definition) is 0. The minimum absolute atomic E-state index is 0.117. The summed E-state index contributed by atoms with van der Waals surface area (Å²) >= 11 is 0. The third-order valence-electron chi connectivity index (χ3n) is 26.9. The second kappa shape index (κ2) is 27.5. The minimum Gasteiger partial charge on any atom is -0.310 e. The Bertz CT molecular complexity index is 6800. The molecule has 4 aliphatic rings. The molecule has 21 rings (SSSR count). The van der Waals surface area contributed by atoms with Crippen LogP contribution in [0.2, 0.25) is 0 Å². The van der Waals surface area contributed by atoms with Crippen LogP contribution in [0, 0.1) is 0 Å². The fourth-order valence-electron chi connectivity index (χ4n) is 20.7. The predicted octanol–water partition coefficient (Wildman–Crippen LogP) is 29.7. The first-order valence-corrected chi connectivity index (χ1v) is 43.5. The van der Waals surface area contributed by atoms with E-state index in [-0.39, 0.29) is 33.8 Å². The van der Waals surface area contributed by atoms with Gasteiger partial charge in [-0.2, -0.15) is 0 Å². The van der Waals surface area contributed by atoms with E-state index in [2.05, 4.69) is 464 Å². The van der Waals surface area contributed by atoms with E-state index < -0.39 is 5.41 Å². The minimum atomic E-state index is -0.622. The number of nitrogens with zero attached hydrogens (tertiary/aromatic N) is 3. The van der Waals surface area contributed by atoms with Crippen molar-refractivity contribution in [3.8, 4) is 94.7 Å². The standard InChI is InChI=1S/C117H102BN3/c1-112(2,3)80-56-60-102-95(67-80)96-68-81(113(4,5)6)57-61-103(96)119(102)85-71-106-109-107(72-85)121(111-93(75-40-24-18-25-41-75)69-84(116(13,14)15)70-94(111)76-42-26-19-27-43-76)105-65-78(86-47-34-50-92-91-46-30-33-53-99(91)117(108(86)92)97-51-31-28-44-89(97)90-45-29-32-52-98(90)117)54-58-100(105)118(109)101-64-77(79-62-82(114(7,8)9)66-83(63-79)115(10,11)12)55-59-104(101)120(106)110-87(73-36-20-16-21-37-73)48-35-49-88(110)74-38-22-17-23-39-74/h16-72H,1-15H3. The summed E-state index contributed by atoms with van der Waals surface area (Å²) < 4.78 is 2.63. The van der Waals surface area contributed by atoms with E-state index >= 15 is 0 Å². The molecular formula is C117H102BN3. The Morgan fingerprint density at radius 2 is 0.612 bits per heavy atom. The van der Waals surface area contributed by atoms with Crippen LogP contribution in [0.1, 0.15) is 154 Å². The molecule has 16 aromatic carbocycles. The molecule has 17 aromatic rings. The SMILES string of the molecule is CC(C)(C)c1cc(-c2ccc3c(c2)B2c4ccc(-c5cccc6c5C5(c7ccccc7-c7ccccc75)c5ccccc5-6)cc4N(c4c(-c5ccccc5)cc(C(C)(C)C)cc4-c4ccccc4)c4cc(-n5c6ccc(C(C)(C)C)cc6c6cc(C(C)(C)C)ccc65)cc(c42)N3c2c(-c3ccccc3)cccc2-c2ccccc2)cc(C(C)(C)C)c1. The first-order valence-electron chi connectivity index (χ1n) is 43.5. The van der Waals surface area contributed by atoms with Crippen LogP contribution in [0.4, 0.5) is 34.1 Å². The molecule has 0 saturated heterocycles. The Kier molecular flexibility index (Phi) is 17.2. The van der Waals surface area contributed by atoms with E-state index in [4.69, 9.17) is 0 Å². The Morgan fingerprint density at radius 3 is 1.07 bits per heavy atom. The lowest BCUT2D eigenvalue weighted by Gasteiger charge is -2.46. The van der Waals surface area contributed by atoms with E-state index in [0.717, 1.165) is 101 Å². The molecule has 0 N–H and O–H groups in total. The predicted molar refractivity (Wildman–Crippen MR) is 517 cm³/mol. The first-order chi connectivity index (χ1) is 58.2. The number of anilines is 6. The van der Waals surface area contributed by atoms with Crippen LogP contribution in [-0.2, 0) is 32.5 Å². The Balaban J connectivity index is 0.970. The fourth-order valence-corrected chi connectivity index (χ4v) is 20.7. The summed E-state index contributed by atoms with van der Waals surface area (Å²) in [7, 11) is 0. The number of benzene rings is 16. The molecule has 1 aromatic heterocycles. The largest absolute Gasteiger partial charge is 0.310 e. The molecule has 2 aliphatic carbocycles. The smallest absolute Gasteiger partial charge is 0.252 e. The van der Waals surface area contributed by atoms with Gasteiger partial charge in [-0.25, -0.2) is 0 Å². The highest BCUT2D eigenvalue weighted by Gasteiger charge is 2.54. The second-order valence-corrected chi connectivity index (χ2v) is 39.6. The molecule has 588 valence electrons. The summed E-state index contributed by atoms with van der Waals surface area (Å²) in [4.78, 5) is 5.53. The molecule has 0 amide bonds. The van der Waals surface area contributed by atoms with Crippen molar-refractivity contribution in [3.63, 3.8) is 0 Å². The maximum atomic E-state index is 2.79. The van der Waals surface area contributed by atoms with Crippen LogP contribution in [-0.4, -0.2) is 11.3 Å². The van der Waals surface area contributed by atoms with Crippen molar-refractivity contribution in [2.45, 2.75) is 136 Å². The number of para-hydroxylation sites is 1. The van der Waals surface area contributed by atoms with E-state index in [1.165, 1.54) is 116 Å². The van der Waals surface area contributed by atoms with Gasteiger partial charge in [0.25, 0.3) is 6.71 Å². The van der Waals surface area contributed by atoms with Crippen molar-refractivity contribution < 1.29 is 0 Å². The molecule has 121 heavy (non-hydrogen) atoms. The van der Waals surface area contributed by atoms with Gasteiger partial charge in [0.1, 0.15) is 0 Å². The van der Waals surface area contributed by atoms with E-state index in [1.54, 1.807) is 0 Å². The van der Waals surface area contributed by atoms with E-state index in [1.807, 2.05) is 0 Å². The van der Waals surface area contributed by atoms with Crippen LogP contribution in [0.5, 0.6) is 0 Å². The number of hydrogen-bond acceptors (Lipinski definition) is 2. The highest BCUT2D eigenvalue weighted by Crippen LogP contribution is 2.65. The Labute approximate surface area is 715 Å². The molecule has 0 bridgehead atoms. The highest BCUT2D eigenvalue weighted by molar-refractivity contribution is 7.00. The second-order valence-electron chi connectivity index (χ2n) is 39.6. The summed E-state index contributed by atoms with van der Waals surface area (Å²) in [6.07, 6.45) is 0. The summed E-state index contributed by atoms with van der Waals surface area (Å²) in [5, 5.41) is 2.48. The van der Waals surface area contributed by atoms with Crippen LogP contribution in [0.25, 0.3) is 117 Å². The molecule has 0 fully saturated rings. The molecule has 0 saturated carbocycles. The summed E-state index contributed by atoms with van der Waals surface area (Å²) in [6.45, 7) is 35.1. The lowest BCUT2D eigenvalue weighted by molar-refractivity contribution is 0.569. The summed E-state index contributed by atoms with van der Waals surface area (Å²) in [5.74, 6) is 0. The molecule has 2 aliphatic heterocycles. The van der Waals surface area contributed by atoms with Gasteiger partial charge in [0.05, 0.1) is 33.5 Å². The Morgan fingerprint density at radius 1 is 0.231 bits per heavy atom. The van der Waals surface area contributed by atoms with Gasteiger partial charge in [0, 0.05) is 55.8 Å². The topological polar surface area (TPSA) is 11.4 Å². The van der Waals surface area contributed by atoms with Gasteiger partial charge in [-0.1, -0.05) is 389 Å². The first kappa shape index (κ1) is 75.5. The van der Waals surface area contributed by atoms with Gasteiger partial charge < -0.3 is 14.4 Å². The molecular weight excluding hydrogens is 1460 g/mol. The zero-order chi connectivity index (χ0) is 83.1. The number of rotatable bonds is 9. The fraction of sp³-hybridized carbons (Fsp3) is 0.179. The van der Waals surface area contributed by atoms with Crippen molar-refractivity contribution in [2.75, 3.05) is 9.80 Å². The Hall–Kier alpha value is -13.0. The van der Waals surface area contributed by atoms with Crippen molar-refractivity contribution in [1.82, 2.24) is 4.57 Å². The van der Waals surface area contributed by atoms with Gasteiger partial charge in [-0.05, 0) is 221 Å². The molecule has 4 heteroatoms. The third kappa shape index (κ3) is 12.0. The quantitative estimate of drug-likeness (QED) is 0.133. The maximum Gasteiger partial charge on any atom is 0.252 e. The van der Waals surface area contributed by atoms with Crippen molar-refractivity contribution in [3.05, 3.63) is 396 Å². The van der Waals surface area contributed by atoms with Gasteiger partial charge in [0.2, 0.25) is 0 Å². The average molecular weight is 1560 g/mol. The maximum absolute atomic E-state index is 2.79. The summed E-state index contributed by atoms with van der Waals surface area (Å²) in [6, 6.07) is 135. The van der Waals surface area contributed by atoms with Gasteiger partial charge >= 0.3 is 0 Å². The molecule has 1 spiro atoms. The van der Waals surface area contributed by atoms with Crippen LogP contribution < -0.4 is 26.2 Å². The molecule has 0 atom stereocenters. The molecule has 3 heterocycles. The lowest BCUT2D eigenvalue weighted by Crippen LogP contribution is -2.61. The van der Waals surface area contributed by atoms with Gasteiger partial charge in [0.15, 0.2) is 0 Å². The third-order valence-corrected chi connectivity index (χ3v) is 26.9. The zero-order valence-electron chi connectivity index (χ0n) is 72.3. The van der Waals surface area contributed by atoms with Crippen molar-refractivity contribution in [1.29, 1.82) is 0 Å². The average Bonchev–Trinajstić information content (AvgIpc) is 1.58. The number of fused-ring (bicyclic) bond motifs is 17. The zero-order valence-corrected chi connectivity index (χ0v) is 72.3. The van der Waals surface area contributed by atoms with Gasteiger partial charge in [-0.3, -0.25) is 0 Å². The highest BCUT2D eigenvalue weighted by atomic mass is 15.2. The monoisotopic (exact) mass is 1560 g/mol. The lowest BCUT2D eigenvalue weighted by atomic mass is 9.33. The van der Waals surface area contributed by atoms with Gasteiger partial charge in [-0.15, -0.1) is 0 Å². The molecule has 3 nitrogen and oxygen atoms in total. The van der Waals surface area contributed by atoms with Crippen LogP contribution >= 0.6 is 0 Å².